The maximum absolute atomic E-state index is 13.2. The quantitative estimate of drug-likeness (QED) is 0.492. The molecule has 3 aromatic carbocycles. The number of fused-ring (bicyclic) bond motifs is 2. The van der Waals surface area contributed by atoms with Gasteiger partial charge in [-0.05, 0) is 60.2 Å². The minimum atomic E-state index is -0.553. The van der Waals surface area contributed by atoms with Crippen molar-refractivity contribution >= 4 is 5.91 Å². The zero-order chi connectivity index (χ0) is 27.3. The zero-order valence-corrected chi connectivity index (χ0v) is 22.9. The number of carbonyl (C=O) groups is 1. The molecule has 0 radical (unpaired) electrons. The molecule has 210 valence electrons. The van der Waals surface area contributed by atoms with Gasteiger partial charge in [0.25, 0.3) is 0 Å². The van der Waals surface area contributed by atoms with Gasteiger partial charge in [0.05, 0.1) is 37.9 Å². The van der Waals surface area contributed by atoms with Gasteiger partial charge >= 0.3 is 0 Å². The summed E-state index contributed by atoms with van der Waals surface area (Å²) >= 11 is 0. The topological polar surface area (TPSA) is 71.5 Å². The number of hydrogen-bond acceptors (Lipinski definition) is 6. The SMILES string of the molecule is O=C(C[C@H]1CC[C@H]2[C@@H](COC[C@H](O)CN2Cc2ccc(Oc3ccccc3)cc2)O1)N1CCc2ccccc2C1. The van der Waals surface area contributed by atoms with E-state index in [9.17, 15) is 9.90 Å². The molecule has 0 bridgehead atoms. The number of benzene rings is 3. The van der Waals surface area contributed by atoms with Crippen LogP contribution in [0, 0.1) is 0 Å². The normalized spacial score (nSPS) is 25.3. The third-order valence-corrected chi connectivity index (χ3v) is 8.26. The number of ether oxygens (including phenoxy) is 3. The van der Waals surface area contributed by atoms with E-state index >= 15 is 0 Å². The van der Waals surface area contributed by atoms with Crippen LogP contribution in [0.3, 0.4) is 0 Å². The molecule has 6 rings (SSSR count). The Morgan fingerprint density at radius 1 is 0.900 bits per heavy atom. The van der Waals surface area contributed by atoms with Crippen LogP contribution in [0.5, 0.6) is 11.5 Å². The second-order valence-electron chi connectivity index (χ2n) is 11.2. The first-order chi connectivity index (χ1) is 19.6. The fourth-order valence-corrected chi connectivity index (χ4v) is 6.18. The maximum Gasteiger partial charge on any atom is 0.225 e. The molecule has 0 spiro atoms. The Bertz CT molecular complexity index is 1270. The fraction of sp³-hybridized carbons (Fsp3) is 0.424. The molecule has 7 nitrogen and oxygen atoms in total. The average Bonchev–Trinajstić information content (AvgIpc) is 2.97. The minimum Gasteiger partial charge on any atom is -0.457 e. The predicted molar refractivity (Wildman–Crippen MR) is 152 cm³/mol. The van der Waals surface area contributed by atoms with Gasteiger partial charge in [-0.25, -0.2) is 0 Å². The summed E-state index contributed by atoms with van der Waals surface area (Å²) in [5.74, 6) is 1.76. The van der Waals surface area contributed by atoms with Crippen molar-refractivity contribution in [1.82, 2.24) is 9.80 Å². The summed E-state index contributed by atoms with van der Waals surface area (Å²) in [5.41, 5.74) is 3.74. The van der Waals surface area contributed by atoms with Crippen molar-refractivity contribution in [2.45, 2.75) is 63.1 Å². The number of aliphatic hydroxyl groups excluding tert-OH is 1. The van der Waals surface area contributed by atoms with E-state index in [-0.39, 0.29) is 30.8 Å². The molecule has 1 N–H and O–H groups in total. The second-order valence-corrected chi connectivity index (χ2v) is 11.2. The van der Waals surface area contributed by atoms with E-state index < -0.39 is 6.10 Å². The number of nitrogens with zero attached hydrogens (tertiary/aromatic N) is 2. The van der Waals surface area contributed by atoms with Crippen LogP contribution in [0.4, 0.5) is 0 Å². The van der Waals surface area contributed by atoms with Crippen LogP contribution in [0.25, 0.3) is 0 Å². The Morgan fingerprint density at radius 2 is 1.65 bits per heavy atom. The Morgan fingerprint density at radius 3 is 2.48 bits per heavy atom. The van der Waals surface area contributed by atoms with Gasteiger partial charge < -0.3 is 24.2 Å². The van der Waals surface area contributed by atoms with Crippen LogP contribution >= 0.6 is 0 Å². The zero-order valence-electron chi connectivity index (χ0n) is 22.9. The molecule has 0 aliphatic carbocycles. The Kier molecular flexibility index (Phi) is 8.44. The average molecular weight is 543 g/mol. The van der Waals surface area contributed by atoms with Crippen molar-refractivity contribution in [3.63, 3.8) is 0 Å². The number of amides is 1. The molecule has 3 heterocycles. The summed E-state index contributed by atoms with van der Waals surface area (Å²) < 4.78 is 18.3. The lowest BCUT2D eigenvalue weighted by Crippen LogP contribution is -2.55. The van der Waals surface area contributed by atoms with Gasteiger partial charge in [-0.3, -0.25) is 9.69 Å². The molecule has 1 amide bonds. The predicted octanol–water partition coefficient (Wildman–Crippen LogP) is 4.56. The molecule has 4 atom stereocenters. The van der Waals surface area contributed by atoms with Gasteiger partial charge in [0.15, 0.2) is 0 Å². The number of hydrogen-bond donors (Lipinski definition) is 1. The van der Waals surface area contributed by atoms with Crippen molar-refractivity contribution in [2.24, 2.45) is 0 Å². The lowest BCUT2D eigenvalue weighted by Gasteiger charge is -2.44. The summed E-state index contributed by atoms with van der Waals surface area (Å²) in [6.07, 6.45) is 2.21. The summed E-state index contributed by atoms with van der Waals surface area (Å²) in [6.45, 7) is 3.36. The Balaban J connectivity index is 1.07. The highest BCUT2D eigenvalue weighted by molar-refractivity contribution is 5.77. The molecule has 7 heteroatoms. The molecule has 3 aromatic rings. The van der Waals surface area contributed by atoms with Crippen LogP contribution in [-0.4, -0.2) is 71.5 Å². The highest BCUT2D eigenvalue weighted by Gasteiger charge is 2.38. The van der Waals surface area contributed by atoms with Gasteiger partial charge in [-0.15, -0.1) is 0 Å². The van der Waals surface area contributed by atoms with E-state index in [0.29, 0.717) is 32.7 Å². The van der Waals surface area contributed by atoms with Crippen molar-refractivity contribution in [1.29, 1.82) is 0 Å². The van der Waals surface area contributed by atoms with Gasteiger partial charge in [0.2, 0.25) is 5.91 Å². The van der Waals surface area contributed by atoms with E-state index in [0.717, 1.165) is 42.9 Å². The fourth-order valence-electron chi connectivity index (χ4n) is 6.18. The van der Waals surface area contributed by atoms with E-state index in [4.69, 9.17) is 14.2 Å². The summed E-state index contributed by atoms with van der Waals surface area (Å²) in [4.78, 5) is 17.5. The molecule has 0 aromatic heterocycles. The first-order valence-corrected chi connectivity index (χ1v) is 14.4. The van der Waals surface area contributed by atoms with E-state index in [1.807, 2.05) is 53.4 Å². The van der Waals surface area contributed by atoms with Crippen LogP contribution in [0.2, 0.25) is 0 Å². The minimum absolute atomic E-state index is 0.114. The van der Waals surface area contributed by atoms with Crippen molar-refractivity contribution in [3.8, 4) is 11.5 Å². The maximum atomic E-state index is 13.2. The molecule has 3 aliphatic rings. The summed E-state index contributed by atoms with van der Waals surface area (Å²) in [6, 6.07) is 26.4. The standard InChI is InChI=1S/C33H38N2O5/c36-27-21-35(19-24-10-12-29(13-11-24)39-28-8-2-1-3-9-28)31-15-14-30(40-32(31)23-38-22-27)18-33(37)34-17-16-25-6-4-5-7-26(25)20-34/h1-13,27,30-32,36H,14-23H2/t27-,30-,31+,32-/m1/s1. The third kappa shape index (κ3) is 6.56. The molecule has 0 saturated carbocycles. The molecular weight excluding hydrogens is 504 g/mol. The number of rotatable bonds is 6. The first-order valence-electron chi connectivity index (χ1n) is 14.4. The number of aliphatic hydroxyl groups is 1. The molecule has 0 unspecified atom stereocenters. The smallest absolute Gasteiger partial charge is 0.225 e. The number of carbonyl (C=O) groups excluding carboxylic acids is 1. The van der Waals surface area contributed by atoms with Gasteiger partial charge in [0, 0.05) is 32.2 Å². The lowest BCUT2D eigenvalue weighted by molar-refractivity contribution is -0.161. The summed E-state index contributed by atoms with van der Waals surface area (Å²) in [5, 5.41) is 10.6. The van der Waals surface area contributed by atoms with Crippen molar-refractivity contribution in [2.75, 3.05) is 26.3 Å². The highest BCUT2D eigenvalue weighted by Crippen LogP contribution is 2.30. The van der Waals surface area contributed by atoms with Crippen LogP contribution < -0.4 is 4.74 Å². The number of para-hydroxylation sites is 1. The van der Waals surface area contributed by atoms with Crippen molar-refractivity contribution < 1.29 is 24.1 Å². The van der Waals surface area contributed by atoms with Crippen LogP contribution in [0.15, 0.2) is 78.9 Å². The largest absolute Gasteiger partial charge is 0.457 e. The molecular formula is C33H38N2O5. The van der Waals surface area contributed by atoms with Gasteiger partial charge in [-0.1, -0.05) is 54.6 Å². The highest BCUT2D eigenvalue weighted by atomic mass is 16.5. The van der Waals surface area contributed by atoms with E-state index in [1.54, 1.807) is 0 Å². The van der Waals surface area contributed by atoms with Gasteiger partial charge in [-0.2, -0.15) is 0 Å². The van der Waals surface area contributed by atoms with Crippen LogP contribution in [-0.2, 0) is 33.8 Å². The van der Waals surface area contributed by atoms with Crippen LogP contribution in [0.1, 0.15) is 36.0 Å². The molecule has 40 heavy (non-hydrogen) atoms. The molecule has 3 aliphatic heterocycles. The Labute approximate surface area is 236 Å². The molecule has 2 saturated heterocycles. The first kappa shape index (κ1) is 27.0. The lowest BCUT2D eigenvalue weighted by atomic mass is 9.93. The molecule has 2 fully saturated rings. The Hall–Kier alpha value is -3.23. The second kappa shape index (κ2) is 12.5. The summed E-state index contributed by atoms with van der Waals surface area (Å²) in [7, 11) is 0. The monoisotopic (exact) mass is 542 g/mol. The van der Waals surface area contributed by atoms with E-state index in [2.05, 4.69) is 35.2 Å². The van der Waals surface area contributed by atoms with E-state index in [1.165, 1.54) is 11.1 Å². The van der Waals surface area contributed by atoms with Crippen molar-refractivity contribution in [3.05, 3.63) is 95.6 Å². The van der Waals surface area contributed by atoms with Gasteiger partial charge in [0.1, 0.15) is 11.5 Å². The number of β-amino-alcohol motifs (C(OH)–C–C–N with tert-alkyl or cyclic N) is 1. The third-order valence-electron chi connectivity index (χ3n) is 8.26.